The summed E-state index contributed by atoms with van der Waals surface area (Å²) in [6, 6.07) is 22.1. The van der Waals surface area contributed by atoms with Crippen molar-refractivity contribution in [1.82, 2.24) is 0 Å². The van der Waals surface area contributed by atoms with Crippen LogP contribution in [0, 0.1) is 11.3 Å². The largest absolute Gasteiger partial charge is 0.481 e. The molecule has 0 aromatic heterocycles. The number of hydrogen-bond acceptors (Lipinski definition) is 4. The van der Waals surface area contributed by atoms with E-state index in [0.717, 1.165) is 11.1 Å². The van der Waals surface area contributed by atoms with Gasteiger partial charge >= 0.3 is 5.97 Å². The minimum Gasteiger partial charge on any atom is -0.481 e. The van der Waals surface area contributed by atoms with Crippen LogP contribution in [0.5, 0.6) is 0 Å². The molecule has 158 valence electrons. The van der Waals surface area contributed by atoms with Crippen molar-refractivity contribution in [3.05, 3.63) is 94.5 Å². The second kappa shape index (κ2) is 9.65. The van der Waals surface area contributed by atoms with Gasteiger partial charge in [0.05, 0.1) is 22.6 Å². The van der Waals surface area contributed by atoms with E-state index in [1.165, 1.54) is 18.2 Å². The van der Waals surface area contributed by atoms with Gasteiger partial charge in [0.15, 0.2) is 0 Å². The lowest BCUT2D eigenvalue weighted by Gasteiger charge is -2.14. The first kappa shape index (κ1) is 22.3. The van der Waals surface area contributed by atoms with Gasteiger partial charge in [-0.15, -0.1) is 0 Å². The van der Waals surface area contributed by atoms with Crippen molar-refractivity contribution in [3.63, 3.8) is 0 Å². The zero-order valence-electron chi connectivity index (χ0n) is 16.3. The number of nitrogens with zero attached hydrogens (tertiary/aromatic N) is 1. The van der Waals surface area contributed by atoms with E-state index < -0.39 is 21.9 Å². The molecule has 0 bridgehead atoms. The summed E-state index contributed by atoms with van der Waals surface area (Å²) >= 11 is 6.37. The first-order valence-electron chi connectivity index (χ1n) is 9.38. The highest BCUT2D eigenvalue weighted by atomic mass is 35.5. The molecule has 6 nitrogen and oxygen atoms in total. The maximum atomic E-state index is 12.7. The number of rotatable bonds is 8. The SMILES string of the molecule is N#CC(c1ccccc1)c1ccc(NS(=O)(=O)c2ccc(CCC(=O)O)cc2)cc1Cl. The topological polar surface area (TPSA) is 107 Å². The Morgan fingerprint density at radius 1 is 1.06 bits per heavy atom. The smallest absolute Gasteiger partial charge is 0.303 e. The molecule has 0 aliphatic heterocycles. The first-order chi connectivity index (χ1) is 14.8. The molecule has 0 saturated carbocycles. The molecule has 0 aliphatic carbocycles. The van der Waals surface area contributed by atoms with Crippen molar-refractivity contribution in [2.75, 3.05) is 4.72 Å². The lowest BCUT2D eigenvalue weighted by atomic mass is 9.92. The molecular weight excluding hydrogens is 436 g/mol. The molecule has 0 amide bonds. The summed E-state index contributed by atoms with van der Waals surface area (Å²) < 4.78 is 27.9. The lowest BCUT2D eigenvalue weighted by molar-refractivity contribution is -0.136. The van der Waals surface area contributed by atoms with E-state index in [-0.39, 0.29) is 22.0 Å². The number of anilines is 1. The van der Waals surface area contributed by atoms with Crippen molar-refractivity contribution in [3.8, 4) is 6.07 Å². The standard InChI is InChI=1S/C23H19ClN2O4S/c24-22-14-18(9-12-20(22)21(15-25)17-4-2-1-3-5-17)26-31(29,30)19-10-6-16(7-11-19)8-13-23(27)28/h1-7,9-12,14,21,26H,8,13H2,(H,27,28). The third-order valence-corrected chi connectivity index (χ3v) is 6.41. The van der Waals surface area contributed by atoms with Crippen LogP contribution in [0.15, 0.2) is 77.7 Å². The van der Waals surface area contributed by atoms with Crippen LogP contribution in [0.4, 0.5) is 5.69 Å². The van der Waals surface area contributed by atoms with Gasteiger partial charge in [0, 0.05) is 11.4 Å². The Labute approximate surface area is 185 Å². The molecule has 1 atom stereocenters. The van der Waals surface area contributed by atoms with Gasteiger partial charge in [-0.05, 0) is 47.4 Å². The zero-order chi connectivity index (χ0) is 22.4. The fourth-order valence-corrected chi connectivity index (χ4v) is 4.43. The van der Waals surface area contributed by atoms with Gasteiger partial charge < -0.3 is 5.11 Å². The molecule has 0 saturated heterocycles. The second-order valence-corrected chi connectivity index (χ2v) is 8.94. The van der Waals surface area contributed by atoms with E-state index in [9.17, 15) is 18.5 Å². The maximum Gasteiger partial charge on any atom is 0.303 e. The van der Waals surface area contributed by atoms with E-state index >= 15 is 0 Å². The van der Waals surface area contributed by atoms with Crippen LogP contribution in [0.2, 0.25) is 5.02 Å². The number of carboxylic acids is 1. The molecule has 3 rings (SSSR count). The van der Waals surface area contributed by atoms with Crippen LogP contribution in [-0.4, -0.2) is 19.5 Å². The van der Waals surface area contributed by atoms with E-state index in [0.29, 0.717) is 12.0 Å². The molecule has 0 fully saturated rings. The number of aliphatic carboxylic acids is 1. The van der Waals surface area contributed by atoms with Crippen LogP contribution >= 0.6 is 11.6 Å². The number of halogens is 1. The van der Waals surface area contributed by atoms with Crippen molar-refractivity contribution in [2.24, 2.45) is 0 Å². The van der Waals surface area contributed by atoms with E-state index in [4.69, 9.17) is 16.7 Å². The van der Waals surface area contributed by atoms with E-state index in [1.807, 2.05) is 30.3 Å². The first-order valence-corrected chi connectivity index (χ1v) is 11.2. The lowest BCUT2D eigenvalue weighted by Crippen LogP contribution is -2.13. The minimum atomic E-state index is -3.86. The molecule has 0 radical (unpaired) electrons. The minimum absolute atomic E-state index is 0.0259. The predicted molar refractivity (Wildman–Crippen MR) is 119 cm³/mol. The number of nitrogens with one attached hydrogen (secondary N) is 1. The monoisotopic (exact) mass is 454 g/mol. The fourth-order valence-electron chi connectivity index (χ4n) is 3.09. The van der Waals surface area contributed by atoms with Gasteiger partial charge in [-0.3, -0.25) is 9.52 Å². The summed E-state index contributed by atoms with van der Waals surface area (Å²) in [6.45, 7) is 0. The number of carboxylic acid groups (broad SMARTS) is 1. The third-order valence-electron chi connectivity index (χ3n) is 4.69. The Bertz CT molecular complexity index is 1220. The summed E-state index contributed by atoms with van der Waals surface area (Å²) in [5, 5.41) is 18.6. The van der Waals surface area contributed by atoms with Crippen LogP contribution in [0.3, 0.4) is 0 Å². The number of nitriles is 1. The zero-order valence-corrected chi connectivity index (χ0v) is 17.9. The highest BCUT2D eigenvalue weighted by molar-refractivity contribution is 7.92. The number of carbonyl (C=O) groups is 1. The van der Waals surface area contributed by atoms with Gasteiger partial charge in [0.1, 0.15) is 0 Å². The number of benzene rings is 3. The van der Waals surface area contributed by atoms with Crippen molar-refractivity contribution >= 4 is 33.3 Å². The van der Waals surface area contributed by atoms with Gasteiger partial charge in [-0.1, -0.05) is 60.1 Å². The normalized spacial score (nSPS) is 12.0. The molecule has 8 heteroatoms. The quantitative estimate of drug-likeness (QED) is 0.507. The van der Waals surface area contributed by atoms with Crippen LogP contribution in [-0.2, 0) is 21.2 Å². The molecular formula is C23H19ClN2O4S. The summed E-state index contributed by atoms with van der Waals surface area (Å²) in [6.07, 6.45) is 0.295. The summed E-state index contributed by atoms with van der Waals surface area (Å²) in [5.41, 5.74) is 2.38. The van der Waals surface area contributed by atoms with E-state index in [2.05, 4.69) is 10.8 Å². The number of sulfonamides is 1. The average molecular weight is 455 g/mol. The highest BCUT2D eigenvalue weighted by Gasteiger charge is 2.19. The molecule has 3 aromatic rings. The number of aryl methyl sites for hydroxylation is 1. The molecule has 0 aliphatic rings. The summed E-state index contributed by atoms with van der Waals surface area (Å²) in [4.78, 5) is 10.7. The summed E-state index contributed by atoms with van der Waals surface area (Å²) in [7, 11) is -3.86. The molecule has 2 N–H and O–H groups in total. The van der Waals surface area contributed by atoms with Gasteiger partial charge in [0.2, 0.25) is 0 Å². The highest BCUT2D eigenvalue weighted by Crippen LogP contribution is 2.32. The predicted octanol–water partition coefficient (Wildman–Crippen LogP) is 4.81. The average Bonchev–Trinajstić information content (AvgIpc) is 2.75. The Morgan fingerprint density at radius 2 is 1.74 bits per heavy atom. The van der Waals surface area contributed by atoms with E-state index in [1.54, 1.807) is 24.3 Å². The summed E-state index contributed by atoms with van der Waals surface area (Å²) in [5.74, 6) is -1.48. The number of hydrogen-bond donors (Lipinski definition) is 2. The molecule has 0 spiro atoms. The Morgan fingerprint density at radius 3 is 2.32 bits per heavy atom. The van der Waals surface area contributed by atoms with Crippen molar-refractivity contribution in [2.45, 2.75) is 23.7 Å². The Hall–Kier alpha value is -3.34. The third kappa shape index (κ3) is 5.63. The van der Waals surface area contributed by atoms with Crippen LogP contribution < -0.4 is 4.72 Å². The van der Waals surface area contributed by atoms with Crippen molar-refractivity contribution in [1.29, 1.82) is 5.26 Å². The molecule has 1 unspecified atom stereocenters. The maximum absolute atomic E-state index is 12.7. The molecule has 3 aromatic carbocycles. The van der Waals surface area contributed by atoms with Gasteiger partial charge in [0.25, 0.3) is 10.0 Å². The second-order valence-electron chi connectivity index (χ2n) is 6.85. The van der Waals surface area contributed by atoms with Gasteiger partial charge in [-0.2, -0.15) is 5.26 Å². The van der Waals surface area contributed by atoms with Gasteiger partial charge in [-0.25, -0.2) is 8.42 Å². The molecule has 31 heavy (non-hydrogen) atoms. The Balaban J connectivity index is 1.79. The Kier molecular flexibility index (Phi) is 6.95. The fraction of sp³-hybridized carbons (Fsp3) is 0.130. The van der Waals surface area contributed by atoms with Crippen LogP contribution in [0.1, 0.15) is 29.0 Å². The van der Waals surface area contributed by atoms with Crippen molar-refractivity contribution < 1.29 is 18.3 Å². The molecule has 0 heterocycles. The van der Waals surface area contributed by atoms with Crippen LogP contribution in [0.25, 0.3) is 0 Å².